The van der Waals surface area contributed by atoms with Crippen molar-refractivity contribution in [3.05, 3.63) is 23.5 Å². The van der Waals surface area contributed by atoms with Crippen LogP contribution in [0.4, 0.5) is 10.1 Å². The van der Waals surface area contributed by atoms with Gasteiger partial charge in [-0.25, -0.2) is 4.39 Å². The molecule has 1 heterocycles. The number of ether oxygens (including phenoxy) is 1. The van der Waals surface area contributed by atoms with Gasteiger partial charge in [0.05, 0.1) is 7.11 Å². The van der Waals surface area contributed by atoms with Crippen LogP contribution in [0, 0.1) is 17.2 Å². The van der Waals surface area contributed by atoms with Crippen molar-refractivity contribution in [3.8, 4) is 5.75 Å². The fraction of sp³-hybridized carbons (Fsp3) is 0.571. The number of hydrogen-bond acceptors (Lipinski definition) is 2. The van der Waals surface area contributed by atoms with Crippen molar-refractivity contribution in [1.82, 2.24) is 0 Å². The van der Waals surface area contributed by atoms with E-state index >= 15 is 0 Å². The molecule has 0 saturated carbocycles. The van der Waals surface area contributed by atoms with Crippen LogP contribution in [-0.4, -0.2) is 13.7 Å². The Morgan fingerprint density at radius 1 is 1.35 bits per heavy atom. The van der Waals surface area contributed by atoms with E-state index in [2.05, 4.69) is 26.1 Å². The molecule has 1 unspecified atom stereocenters. The number of fused-ring (bicyclic) bond motifs is 1. The molecule has 1 aliphatic heterocycles. The largest absolute Gasteiger partial charge is 0.494 e. The van der Waals surface area contributed by atoms with Crippen LogP contribution in [0.2, 0.25) is 0 Å². The maximum Gasteiger partial charge on any atom is 0.167 e. The summed E-state index contributed by atoms with van der Waals surface area (Å²) >= 11 is 0. The van der Waals surface area contributed by atoms with Crippen LogP contribution < -0.4 is 10.1 Å². The Kier molecular flexibility index (Phi) is 3.02. The Morgan fingerprint density at radius 3 is 2.65 bits per heavy atom. The van der Waals surface area contributed by atoms with Crippen LogP contribution in [0.3, 0.4) is 0 Å². The molecule has 0 aliphatic carbocycles. The third kappa shape index (κ3) is 2.38. The van der Waals surface area contributed by atoms with E-state index in [9.17, 15) is 4.39 Å². The van der Waals surface area contributed by atoms with Gasteiger partial charge in [0.2, 0.25) is 0 Å². The quantitative estimate of drug-likeness (QED) is 0.807. The zero-order valence-electron chi connectivity index (χ0n) is 10.9. The Hall–Kier alpha value is -1.25. The van der Waals surface area contributed by atoms with Crippen LogP contribution in [0.5, 0.6) is 5.75 Å². The summed E-state index contributed by atoms with van der Waals surface area (Å²) in [5, 5.41) is 3.32. The van der Waals surface area contributed by atoms with Gasteiger partial charge in [-0.1, -0.05) is 20.8 Å². The lowest BCUT2D eigenvalue weighted by atomic mass is 9.75. The zero-order valence-corrected chi connectivity index (χ0v) is 10.9. The van der Waals surface area contributed by atoms with Crippen molar-refractivity contribution in [3.63, 3.8) is 0 Å². The van der Waals surface area contributed by atoms with E-state index in [1.165, 1.54) is 13.2 Å². The van der Waals surface area contributed by atoms with Gasteiger partial charge in [0.25, 0.3) is 0 Å². The molecule has 0 spiro atoms. The number of nitrogens with one attached hydrogen (secondary N) is 1. The molecule has 0 bridgehead atoms. The molecule has 2 rings (SSSR count). The lowest BCUT2D eigenvalue weighted by Crippen LogP contribution is -2.33. The average Bonchev–Trinajstić information content (AvgIpc) is 2.26. The van der Waals surface area contributed by atoms with E-state index in [1.807, 2.05) is 6.07 Å². The molecule has 0 fully saturated rings. The van der Waals surface area contributed by atoms with E-state index in [0.29, 0.717) is 11.7 Å². The molecule has 17 heavy (non-hydrogen) atoms. The molecule has 2 nitrogen and oxygen atoms in total. The smallest absolute Gasteiger partial charge is 0.167 e. The van der Waals surface area contributed by atoms with Crippen molar-refractivity contribution in [2.75, 3.05) is 19.0 Å². The van der Waals surface area contributed by atoms with Gasteiger partial charge in [-0.05, 0) is 29.4 Å². The molecular weight excluding hydrogens is 217 g/mol. The van der Waals surface area contributed by atoms with Gasteiger partial charge in [0.15, 0.2) is 11.6 Å². The van der Waals surface area contributed by atoms with Crippen LogP contribution >= 0.6 is 0 Å². The van der Waals surface area contributed by atoms with Crippen molar-refractivity contribution < 1.29 is 9.13 Å². The number of rotatable bonds is 1. The molecule has 1 aromatic carbocycles. The first-order chi connectivity index (χ1) is 7.91. The van der Waals surface area contributed by atoms with Gasteiger partial charge in [0.1, 0.15) is 0 Å². The van der Waals surface area contributed by atoms with Crippen LogP contribution in [0.25, 0.3) is 0 Å². The third-order valence-corrected chi connectivity index (χ3v) is 3.61. The molecule has 0 amide bonds. The molecule has 94 valence electrons. The first kappa shape index (κ1) is 12.2. The minimum Gasteiger partial charge on any atom is -0.494 e. The van der Waals surface area contributed by atoms with Crippen molar-refractivity contribution in [2.24, 2.45) is 11.3 Å². The fourth-order valence-electron chi connectivity index (χ4n) is 2.27. The summed E-state index contributed by atoms with van der Waals surface area (Å²) in [6.07, 6.45) is 0.975. The highest BCUT2D eigenvalue weighted by Crippen LogP contribution is 2.37. The second kappa shape index (κ2) is 4.21. The fourth-order valence-corrected chi connectivity index (χ4v) is 2.27. The molecule has 1 aromatic rings. The minimum absolute atomic E-state index is 0.256. The molecule has 0 aromatic heterocycles. The maximum atomic E-state index is 13.5. The monoisotopic (exact) mass is 237 g/mol. The van der Waals surface area contributed by atoms with E-state index in [0.717, 1.165) is 24.2 Å². The molecule has 0 radical (unpaired) electrons. The highest BCUT2D eigenvalue weighted by molar-refractivity contribution is 5.56. The van der Waals surface area contributed by atoms with Gasteiger partial charge < -0.3 is 10.1 Å². The molecule has 3 heteroatoms. The van der Waals surface area contributed by atoms with Gasteiger partial charge in [0, 0.05) is 18.3 Å². The molecular formula is C14H20FNO. The predicted octanol–water partition coefficient (Wildman–Crippen LogP) is 3.46. The number of hydrogen-bond donors (Lipinski definition) is 1. The highest BCUT2D eigenvalue weighted by Gasteiger charge is 2.29. The van der Waals surface area contributed by atoms with Crippen LogP contribution in [0.1, 0.15) is 26.3 Å². The summed E-state index contributed by atoms with van der Waals surface area (Å²) in [5.74, 6) is 0.596. The molecule has 1 atom stereocenters. The van der Waals surface area contributed by atoms with Crippen molar-refractivity contribution >= 4 is 5.69 Å². The van der Waals surface area contributed by atoms with E-state index in [1.54, 1.807) is 0 Å². The number of benzene rings is 1. The van der Waals surface area contributed by atoms with E-state index in [-0.39, 0.29) is 11.2 Å². The summed E-state index contributed by atoms with van der Waals surface area (Å²) in [6.45, 7) is 7.63. The summed E-state index contributed by atoms with van der Waals surface area (Å²) < 4.78 is 18.6. The second-order valence-electron chi connectivity index (χ2n) is 5.79. The first-order valence-electron chi connectivity index (χ1n) is 6.02. The van der Waals surface area contributed by atoms with Crippen molar-refractivity contribution in [2.45, 2.75) is 27.2 Å². The lowest BCUT2D eigenvalue weighted by molar-refractivity contribution is 0.246. The number of methoxy groups -OCH3 is 1. The number of anilines is 1. The lowest BCUT2D eigenvalue weighted by Gasteiger charge is -2.35. The van der Waals surface area contributed by atoms with E-state index in [4.69, 9.17) is 4.74 Å². The summed E-state index contributed by atoms with van der Waals surface area (Å²) in [4.78, 5) is 0. The normalized spacial score (nSPS) is 19.5. The van der Waals surface area contributed by atoms with Gasteiger partial charge in [-0.2, -0.15) is 0 Å². The standard InChI is InChI=1S/C14H20FNO/c1-14(2,3)10-5-9-6-13(17-4)11(15)7-12(9)16-8-10/h6-7,10,16H,5,8H2,1-4H3. The number of halogens is 1. The predicted molar refractivity (Wildman–Crippen MR) is 68.1 cm³/mol. The highest BCUT2D eigenvalue weighted by atomic mass is 19.1. The maximum absolute atomic E-state index is 13.5. The Morgan fingerprint density at radius 2 is 2.06 bits per heavy atom. The average molecular weight is 237 g/mol. The Labute approximate surface area is 102 Å². The topological polar surface area (TPSA) is 21.3 Å². The summed E-state index contributed by atoms with van der Waals surface area (Å²) in [5.41, 5.74) is 2.31. The summed E-state index contributed by atoms with van der Waals surface area (Å²) in [6, 6.07) is 3.35. The minimum atomic E-state index is -0.298. The third-order valence-electron chi connectivity index (χ3n) is 3.61. The SMILES string of the molecule is COc1cc2c(cc1F)NCC(C(C)(C)C)C2. The van der Waals surface area contributed by atoms with Crippen LogP contribution in [0.15, 0.2) is 12.1 Å². The molecule has 1 N–H and O–H groups in total. The Bertz CT molecular complexity index is 423. The molecule has 1 aliphatic rings. The first-order valence-corrected chi connectivity index (χ1v) is 6.02. The van der Waals surface area contributed by atoms with E-state index < -0.39 is 0 Å². The van der Waals surface area contributed by atoms with Gasteiger partial charge >= 0.3 is 0 Å². The zero-order chi connectivity index (χ0) is 12.6. The summed E-state index contributed by atoms with van der Waals surface area (Å²) in [7, 11) is 1.50. The second-order valence-corrected chi connectivity index (χ2v) is 5.79. The van der Waals surface area contributed by atoms with Gasteiger partial charge in [-0.3, -0.25) is 0 Å². The Balaban J connectivity index is 2.31. The van der Waals surface area contributed by atoms with Crippen molar-refractivity contribution in [1.29, 1.82) is 0 Å². The molecule has 0 saturated heterocycles. The van der Waals surface area contributed by atoms with Gasteiger partial charge in [-0.15, -0.1) is 0 Å². The van der Waals surface area contributed by atoms with Crippen LogP contribution in [-0.2, 0) is 6.42 Å².